The molecule has 2 atom stereocenters. The van der Waals surface area contributed by atoms with E-state index < -0.39 is 0 Å². The summed E-state index contributed by atoms with van der Waals surface area (Å²) in [5, 5.41) is 9.86. The zero-order chi connectivity index (χ0) is 13.0. The fourth-order valence-electron chi connectivity index (χ4n) is 2.76. The van der Waals surface area contributed by atoms with Gasteiger partial charge in [-0.25, -0.2) is 0 Å². The molecule has 18 heavy (non-hydrogen) atoms. The molecule has 1 aromatic carbocycles. The lowest BCUT2D eigenvalue weighted by Crippen LogP contribution is -2.45. The van der Waals surface area contributed by atoms with Crippen molar-refractivity contribution in [1.82, 2.24) is 4.90 Å². The van der Waals surface area contributed by atoms with Crippen molar-refractivity contribution in [3.05, 3.63) is 29.8 Å². The molecule has 0 aromatic heterocycles. The van der Waals surface area contributed by atoms with Crippen LogP contribution in [0.4, 0.5) is 0 Å². The van der Waals surface area contributed by atoms with Crippen LogP contribution in [0.5, 0.6) is 5.75 Å². The van der Waals surface area contributed by atoms with Crippen LogP contribution < -0.4 is 4.74 Å². The molecule has 1 aliphatic rings. The van der Waals surface area contributed by atoms with E-state index in [9.17, 15) is 5.11 Å². The van der Waals surface area contributed by atoms with E-state index in [2.05, 4.69) is 17.0 Å². The Morgan fingerprint density at radius 1 is 1.44 bits per heavy atom. The molecular weight excluding hydrogens is 226 g/mol. The minimum Gasteiger partial charge on any atom is -0.497 e. The standard InChI is InChI=1S/C15H23NO2/c1-12(17)15-8-3-4-9-16(15)11-13-6-5-7-14(10-13)18-2/h5-7,10,12,15,17H,3-4,8-9,11H2,1-2H3/t12-,15-/m0/s1. The Labute approximate surface area is 109 Å². The van der Waals surface area contributed by atoms with Crippen molar-refractivity contribution >= 4 is 0 Å². The van der Waals surface area contributed by atoms with Gasteiger partial charge < -0.3 is 9.84 Å². The summed E-state index contributed by atoms with van der Waals surface area (Å²) in [5.74, 6) is 0.901. The van der Waals surface area contributed by atoms with Crippen molar-refractivity contribution in [1.29, 1.82) is 0 Å². The third-order valence-corrected chi connectivity index (χ3v) is 3.74. The van der Waals surface area contributed by atoms with Gasteiger partial charge in [-0.15, -0.1) is 0 Å². The zero-order valence-electron chi connectivity index (χ0n) is 11.3. The quantitative estimate of drug-likeness (QED) is 0.889. The Morgan fingerprint density at radius 3 is 3.00 bits per heavy atom. The molecule has 100 valence electrons. The average molecular weight is 249 g/mol. The van der Waals surface area contributed by atoms with Crippen molar-refractivity contribution < 1.29 is 9.84 Å². The fraction of sp³-hybridized carbons (Fsp3) is 0.600. The van der Waals surface area contributed by atoms with Gasteiger partial charge in [0.05, 0.1) is 13.2 Å². The van der Waals surface area contributed by atoms with Crippen LogP contribution in [0.25, 0.3) is 0 Å². The molecule has 1 fully saturated rings. The largest absolute Gasteiger partial charge is 0.497 e. The first-order chi connectivity index (χ1) is 8.70. The minimum absolute atomic E-state index is 0.254. The highest BCUT2D eigenvalue weighted by atomic mass is 16.5. The second kappa shape index (κ2) is 6.21. The molecule has 1 aliphatic heterocycles. The first-order valence-corrected chi connectivity index (χ1v) is 6.76. The van der Waals surface area contributed by atoms with Gasteiger partial charge in [0.2, 0.25) is 0 Å². The van der Waals surface area contributed by atoms with Crippen molar-refractivity contribution in [2.45, 2.75) is 44.9 Å². The Kier molecular flexibility index (Phi) is 4.61. The first kappa shape index (κ1) is 13.4. The summed E-state index contributed by atoms with van der Waals surface area (Å²) < 4.78 is 5.25. The summed E-state index contributed by atoms with van der Waals surface area (Å²) in [4.78, 5) is 2.39. The second-order valence-electron chi connectivity index (χ2n) is 5.13. The van der Waals surface area contributed by atoms with Crippen LogP contribution in [0, 0.1) is 0 Å². The van der Waals surface area contributed by atoms with Gasteiger partial charge in [-0.05, 0) is 44.0 Å². The Hall–Kier alpha value is -1.06. The summed E-state index contributed by atoms with van der Waals surface area (Å²) in [5.41, 5.74) is 1.25. The second-order valence-corrected chi connectivity index (χ2v) is 5.13. The predicted octanol–water partition coefficient (Wildman–Crippen LogP) is 2.43. The van der Waals surface area contributed by atoms with Crippen LogP contribution in [0.1, 0.15) is 31.7 Å². The van der Waals surface area contributed by atoms with Crippen molar-refractivity contribution in [3.63, 3.8) is 0 Å². The summed E-state index contributed by atoms with van der Waals surface area (Å²) >= 11 is 0. The molecule has 0 amide bonds. The van der Waals surface area contributed by atoms with Gasteiger partial charge in [0, 0.05) is 12.6 Å². The SMILES string of the molecule is COc1cccc(CN2CCCC[C@H]2[C@H](C)O)c1. The highest BCUT2D eigenvalue weighted by Gasteiger charge is 2.26. The normalized spacial score (nSPS) is 22.7. The lowest BCUT2D eigenvalue weighted by atomic mass is 9.97. The van der Waals surface area contributed by atoms with Gasteiger partial charge in [-0.2, -0.15) is 0 Å². The van der Waals surface area contributed by atoms with Crippen LogP contribution in [0.15, 0.2) is 24.3 Å². The number of piperidine rings is 1. The third kappa shape index (κ3) is 3.24. The average Bonchev–Trinajstić information content (AvgIpc) is 2.39. The van der Waals surface area contributed by atoms with Crippen molar-refractivity contribution in [2.75, 3.05) is 13.7 Å². The van der Waals surface area contributed by atoms with Crippen LogP contribution in [0.2, 0.25) is 0 Å². The van der Waals surface area contributed by atoms with E-state index in [0.717, 1.165) is 25.3 Å². The highest BCUT2D eigenvalue weighted by molar-refractivity contribution is 5.28. The molecule has 3 nitrogen and oxygen atoms in total. The minimum atomic E-state index is -0.254. The van der Waals surface area contributed by atoms with Crippen molar-refractivity contribution in [2.24, 2.45) is 0 Å². The van der Waals surface area contributed by atoms with Gasteiger partial charge in [-0.1, -0.05) is 18.6 Å². The molecule has 0 saturated carbocycles. The van der Waals surface area contributed by atoms with E-state index >= 15 is 0 Å². The van der Waals surface area contributed by atoms with Crippen LogP contribution >= 0.6 is 0 Å². The predicted molar refractivity (Wildman–Crippen MR) is 72.7 cm³/mol. The molecule has 0 unspecified atom stereocenters. The number of rotatable bonds is 4. The van der Waals surface area contributed by atoms with Gasteiger partial charge >= 0.3 is 0 Å². The Morgan fingerprint density at radius 2 is 2.28 bits per heavy atom. The van der Waals surface area contributed by atoms with E-state index in [1.165, 1.54) is 18.4 Å². The molecule has 0 aliphatic carbocycles. The van der Waals surface area contributed by atoms with Crippen LogP contribution in [0.3, 0.4) is 0 Å². The lowest BCUT2D eigenvalue weighted by molar-refractivity contribution is 0.0316. The fourth-order valence-corrected chi connectivity index (χ4v) is 2.76. The summed E-state index contributed by atoms with van der Waals surface area (Å²) in [6, 6.07) is 8.48. The van der Waals surface area contributed by atoms with E-state index in [-0.39, 0.29) is 6.10 Å². The van der Waals surface area contributed by atoms with Gasteiger partial charge in [0.1, 0.15) is 5.75 Å². The molecule has 1 N–H and O–H groups in total. The number of hydrogen-bond acceptors (Lipinski definition) is 3. The lowest BCUT2D eigenvalue weighted by Gasteiger charge is -2.37. The molecular formula is C15H23NO2. The molecule has 1 heterocycles. The van der Waals surface area contributed by atoms with E-state index in [0.29, 0.717) is 6.04 Å². The molecule has 1 aromatic rings. The van der Waals surface area contributed by atoms with Crippen molar-refractivity contribution in [3.8, 4) is 5.75 Å². The molecule has 2 rings (SSSR count). The molecule has 0 bridgehead atoms. The zero-order valence-corrected chi connectivity index (χ0v) is 11.3. The number of hydrogen-bond donors (Lipinski definition) is 1. The van der Waals surface area contributed by atoms with E-state index in [4.69, 9.17) is 4.74 Å². The topological polar surface area (TPSA) is 32.7 Å². The number of likely N-dealkylation sites (tertiary alicyclic amines) is 1. The maximum Gasteiger partial charge on any atom is 0.119 e. The molecule has 0 spiro atoms. The van der Waals surface area contributed by atoms with Gasteiger partial charge in [-0.3, -0.25) is 4.90 Å². The van der Waals surface area contributed by atoms with E-state index in [1.54, 1.807) is 7.11 Å². The highest BCUT2D eigenvalue weighted by Crippen LogP contribution is 2.23. The molecule has 3 heteroatoms. The maximum absolute atomic E-state index is 9.86. The number of aliphatic hydroxyl groups excluding tert-OH is 1. The first-order valence-electron chi connectivity index (χ1n) is 6.76. The maximum atomic E-state index is 9.86. The third-order valence-electron chi connectivity index (χ3n) is 3.74. The van der Waals surface area contributed by atoms with Crippen LogP contribution in [-0.2, 0) is 6.54 Å². The molecule has 1 saturated heterocycles. The number of benzene rings is 1. The number of ether oxygens (including phenoxy) is 1. The number of nitrogens with zero attached hydrogens (tertiary/aromatic N) is 1. The number of aliphatic hydroxyl groups is 1. The summed E-state index contributed by atoms with van der Waals surface area (Å²) in [6.07, 6.45) is 3.30. The van der Waals surface area contributed by atoms with Gasteiger partial charge in [0.15, 0.2) is 0 Å². The van der Waals surface area contributed by atoms with Gasteiger partial charge in [0.25, 0.3) is 0 Å². The monoisotopic (exact) mass is 249 g/mol. The number of methoxy groups -OCH3 is 1. The Balaban J connectivity index is 2.05. The summed E-state index contributed by atoms with van der Waals surface area (Å²) in [6.45, 7) is 3.87. The Bertz CT molecular complexity index is 379. The summed E-state index contributed by atoms with van der Waals surface area (Å²) in [7, 11) is 1.69. The smallest absolute Gasteiger partial charge is 0.119 e. The van der Waals surface area contributed by atoms with Crippen LogP contribution in [-0.4, -0.2) is 35.8 Å². The molecule has 0 radical (unpaired) electrons. The van der Waals surface area contributed by atoms with E-state index in [1.807, 2.05) is 19.1 Å².